The SMILES string of the molecule is Cc1cc(Nc2ccccc2F)c(S(C)(=O)=O)cc1C(=O)Cl. The predicted octanol–water partition coefficient (Wildman–Crippen LogP) is 3.66. The summed E-state index contributed by atoms with van der Waals surface area (Å²) in [4.78, 5) is 11.2. The smallest absolute Gasteiger partial charge is 0.252 e. The Morgan fingerprint density at radius 1 is 1.18 bits per heavy atom. The van der Waals surface area contributed by atoms with E-state index in [1.54, 1.807) is 13.0 Å². The lowest BCUT2D eigenvalue weighted by molar-refractivity contribution is 0.108. The van der Waals surface area contributed by atoms with Gasteiger partial charge in [-0.1, -0.05) is 12.1 Å². The van der Waals surface area contributed by atoms with Crippen molar-refractivity contribution in [2.24, 2.45) is 0 Å². The summed E-state index contributed by atoms with van der Waals surface area (Å²) in [5.41, 5.74) is 0.913. The van der Waals surface area contributed by atoms with Crippen LogP contribution in [0.4, 0.5) is 15.8 Å². The fourth-order valence-corrected chi connectivity index (χ4v) is 3.06. The van der Waals surface area contributed by atoms with Gasteiger partial charge in [0.25, 0.3) is 5.24 Å². The fraction of sp³-hybridized carbons (Fsp3) is 0.133. The van der Waals surface area contributed by atoms with E-state index in [9.17, 15) is 17.6 Å². The highest BCUT2D eigenvalue weighted by Crippen LogP contribution is 2.30. The predicted molar refractivity (Wildman–Crippen MR) is 84.2 cm³/mol. The molecule has 0 saturated carbocycles. The molecule has 0 fully saturated rings. The number of halogens is 2. The van der Waals surface area contributed by atoms with Gasteiger partial charge >= 0.3 is 0 Å². The number of carbonyl (C=O) groups excluding carboxylic acids is 1. The Morgan fingerprint density at radius 3 is 2.36 bits per heavy atom. The first-order valence-electron chi connectivity index (χ1n) is 6.26. The Morgan fingerprint density at radius 2 is 1.82 bits per heavy atom. The average Bonchev–Trinajstić information content (AvgIpc) is 2.39. The van der Waals surface area contributed by atoms with Crippen molar-refractivity contribution < 1.29 is 17.6 Å². The third-order valence-corrected chi connectivity index (χ3v) is 4.42. The van der Waals surface area contributed by atoms with E-state index in [1.807, 2.05) is 0 Å². The van der Waals surface area contributed by atoms with Gasteiger partial charge in [0.1, 0.15) is 5.82 Å². The molecule has 0 saturated heterocycles. The second kappa shape index (κ2) is 6.06. The van der Waals surface area contributed by atoms with Gasteiger partial charge in [0.15, 0.2) is 9.84 Å². The molecular weight excluding hydrogens is 329 g/mol. The van der Waals surface area contributed by atoms with Crippen LogP contribution in [0.15, 0.2) is 41.3 Å². The van der Waals surface area contributed by atoms with Crippen molar-refractivity contribution in [3.63, 3.8) is 0 Å². The highest BCUT2D eigenvalue weighted by atomic mass is 35.5. The summed E-state index contributed by atoms with van der Waals surface area (Å²) < 4.78 is 37.6. The van der Waals surface area contributed by atoms with Crippen LogP contribution in [0.25, 0.3) is 0 Å². The number of hydrogen-bond donors (Lipinski definition) is 1. The molecule has 22 heavy (non-hydrogen) atoms. The molecule has 0 heterocycles. The molecule has 4 nitrogen and oxygen atoms in total. The van der Waals surface area contributed by atoms with Gasteiger partial charge in [-0.2, -0.15) is 0 Å². The minimum atomic E-state index is -3.64. The molecule has 1 N–H and O–H groups in total. The van der Waals surface area contributed by atoms with Crippen LogP contribution in [0, 0.1) is 12.7 Å². The molecule has 116 valence electrons. The molecule has 0 aliphatic heterocycles. The van der Waals surface area contributed by atoms with Gasteiger partial charge in [-0.05, 0) is 48.4 Å². The first kappa shape index (κ1) is 16.5. The highest BCUT2D eigenvalue weighted by Gasteiger charge is 2.19. The van der Waals surface area contributed by atoms with E-state index in [-0.39, 0.29) is 21.8 Å². The number of carbonyl (C=O) groups is 1. The number of anilines is 2. The van der Waals surface area contributed by atoms with Crippen molar-refractivity contribution in [3.05, 3.63) is 53.3 Å². The lowest BCUT2D eigenvalue weighted by Crippen LogP contribution is -2.07. The van der Waals surface area contributed by atoms with E-state index in [0.717, 1.165) is 6.26 Å². The number of rotatable bonds is 4. The second-order valence-corrected chi connectivity index (χ2v) is 7.14. The Hall–Kier alpha value is -1.92. The van der Waals surface area contributed by atoms with Gasteiger partial charge in [-0.25, -0.2) is 12.8 Å². The average molecular weight is 342 g/mol. The van der Waals surface area contributed by atoms with Gasteiger partial charge in [-0.15, -0.1) is 0 Å². The molecule has 0 unspecified atom stereocenters. The Kier molecular flexibility index (Phi) is 4.53. The molecule has 0 atom stereocenters. The maximum absolute atomic E-state index is 13.7. The van der Waals surface area contributed by atoms with E-state index >= 15 is 0 Å². The summed E-state index contributed by atoms with van der Waals surface area (Å²) in [6, 6.07) is 8.54. The summed E-state index contributed by atoms with van der Waals surface area (Å²) in [5.74, 6) is -0.517. The molecule has 2 rings (SSSR count). The lowest BCUT2D eigenvalue weighted by atomic mass is 10.1. The van der Waals surface area contributed by atoms with E-state index < -0.39 is 20.9 Å². The van der Waals surface area contributed by atoms with Crippen LogP contribution >= 0.6 is 11.6 Å². The Bertz CT molecular complexity index is 850. The molecule has 7 heteroatoms. The standard InChI is InChI=1S/C15H13ClFNO3S/c1-9-7-13(18-12-6-4-3-5-11(12)17)14(22(2,20)21)8-10(9)15(16)19/h3-8,18H,1-2H3. The quantitative estimate of drug-likeness (QED) is 0.862. The molecule has 0 spiro atoms. The zero-order valence-electron chi connectivity index (χ0n) is 11.9. The first-order valence-corrected chi connectivity index (χ1v) is 8.53. The maximum atomic E-state index is 13.7. The number of nitrogens with one attached hydrogen (secondary N) is 1. The van der Waals surface area contributed by atoms with Crippen LogP contribution in [-0.4, -0.2) is 19.9 Å². The monoisotopic (exact) mass is 341 g/mol. The van der Waals surface area contributed by atoms with Gasteiger partial charge in [0.05, 0.1) is 16.3 Å². The van der Waals surface area contributed by atoms with Gasteiger partial charge in [-0.3, -0.25) is 4.79 Å². The van der Waals surface area contributed by atoms with E-state index in [0.29, 0.717) is 5.56 Å². The second-order valence-electron chi connectivity index (χ2n) is 4.81. The van der Waals surface area contributed by atoms with Crippen LogP contribution in [-0.2, 0) is 9.84 Å². The van der Waals surface area contributed by atoms with Crippen molar-refractivity contribution in [1.82, 2.24) is 0 Å². The highest BCUT2D eigenvalue weighted by molar-refractivity contribution is 7.90. The van der Waals surface area contributed by atoms with Gasteiger partial charge < -0.3 is 5.32 Å². The van der Waals surface area contributed by atoms with Crippen molar-refractivity contribution in [1.29, 1.82) is 0 Å². The molecule has 0 aliphatic rings. The zero-order chi connectivity index (χ0) is 16.5. The minimum absolute atomic E-state index is 0.0983. The third kappa shape index (κ3) is 3.45. The number of benzene rings is 2. The molecule has 2 aromatic rings. The Labute approximate surface area is 132 Å². The van der Waals surface area contributed by atoms with Crippen LogP contribution in [0.1, 0.15) is 15.9 Å². The van der Waals surface area contributed by atoms with Crippen molar-refractivity contribution in [2.75, 3.05) is 11.6 Å². The summed E-state index contributed by atoms with van der Waals surface area (Å²) in [6.45, 7) is 1.62. The molecule has 0 aliphatic carbocycles. The largest absolute Gasteiger partial charge is 0.352 e. The molecule has 0 bridgehead atoms. The van der Waals surface area contributed by atoms with Gasteiger partial charge in [0, 0.05) is 11.8 Å². The molecule has 0 radical (unpaired) electrons. The summed E-state index contributed by atoms with van der Waals surface area (Å²) in [7, 11) is -3.64. The van der Waals surface area contributed by atoms with E-state index in [4.69, 9.17) is 11.6 Å². The van der Waals surface area contributed by atoms with Crippen LogP contribution in [0.2, 0.25) is 0 Å². The first-order chi connectivity index (χ1) is 10.2. The molecule has 0 amide bonds. The topological polar surface area (TPSA) is 63.2 Å². The molecular formula is C15H13ClFNO3S. The van der Waals surface area contributed by atoms with Gasteiger partial charge in [0.2, 0.25) is 0 Å². The van der Waals surface area contributed by atoms with Crippen LogP contribution in [0.5, 0.6) is 0 Å². The van der Waals surface area contributed by atoms with Crippen molar-refractivity contribution in [2.45, 2.75) is 11.8 Å². The van der Waals surface area contributed by atoms with Crippen molar-refractivity contribution in [3.8, 4) is 0 Å². The number of para-hydroxylation sites is 1. The fourth-order valence-electron chi connectivity index (χ4n) is 2.01. The van der Waals surface area contributed by atoms with Crippen LogP contribution < -0.4 is 5.32 Å². The van der Waals surface area contributed by atoms with Crippen molar-refractivity contribution >= 4 is 38.1 Å². The summed E-state index contributed by atoms with van der Waals surface area (Å²) in [5, 5.41) is 2.00. The third-order valence-electron chi connectivity index (χ3n) is 3.08. The number of sulfone groups is 1. The van der Waals surface area contributed by atoms with E-state index in [1.165, 1.54) is 30.3 Å². The van der Waals surface area contributed by atoms with Crippen LogP contribution in [0.3, 0.4) is 0 Å². The molecule has 2 aromatic carbocycles. The van der Waals surface area contributed by atoms with E-state index in [2.05, 4.69) is 5.32 Å². The summed E-state index contributed by atoms with van der Waals surface area (Å²) in [6.07, 6.45) is 1.01. The maximum Gasteiger partial charge on any atom is 0.252 e. The normalized spacial score (nSPS) is 11.3. The lowest BCUT2D eigenvalue weighted by Gasteiger charge is -2.14. The number of aryl methyl sites for hydroxylation is 1. The zero-order valence-corrected chi connectivity index (χ0v) is 13.4. The summed E-state index contributed by atoms with van der Waals surface area (Å²) >= 11 is 5.45. The minimum Gasteiger partial charge on any atom is -0.352 e. The Balaban J connectivity index is 2.63. The molecule has 0 aromatic heterocycles. The number of hydrogen-bond acceptors (Lipinski definition) is 4.